The number of nitrogens with zero attached hydrogens (tertiary/aromatic N) is 1. The highest BCUT2D eigenvalue weighted by Crippen LogP contribution is 2.33. The predicted octanol–water partition coefficient (Wildman–Crippen LogP) is 5.85. The molecule has 1 aliphatic rings. The molecule has 0 aliphatic carbocycles. The van der Waals surface area contributed by atoms with Crippen molar-refractivity contribution in [3.8, 4) is 0 Å². The van der Waals surface area contributed by atoms with E-state index in [2.05, 4.69) is 46.9 Å². The van der Waals surface area contributed by atoms with Gasteiger partial charge < -0.3 is 5.32 Å². The monoisotopic (exact) mass is 456 g/mol. The fraction of sp³-hybridized carbons (Fsp3) is 0.500. The second-order valence-corrected chi connectivity index (χ2v) is 11.8. The third-order valence-electron chi connectivity index (χ3n) is 6.18. The van der Waals surface area contributed by atoms with Crippen LogP contribution in [0.3, 0.4) is 0 Å². The van der Waals surface area contributed by atoms with Crippen molar-refractivity contribution in [2.24, 2.45) is 11.8 Å². The van der Waals surface area contributed by atoms with Gasteiger partial charge in [-0.25, -0.2) is 8.42 Å². The van der Waals surface area contributed by atoms with Crippen LogP contribution < -0.4 is 5.32 Å². The van der Waals surface area contributed by atoms with Crippen LogP contribution in [0.4, 0.5) is 5.69 Å². The van der Waals surface area contributed by atoms with Gasteiger partial charge >= 0.3 is 0 Å². The van der Waals surface area contributed by atoms with E-state index in [0.29, 0.717) is 30.5 Å². The lowest BCUT2D eigenvalue weighted by Crippen LogP contribution is -2.42. The van der Waals surface area contributed by atoms with Crippen molar-refractivity contribution in [3.63, 3.8) is 0 Å². The minimum absolute atomic E-state index is 0.174. The van der Waals surface area contributed by atoms with Crippen molar-refractivity contribution in [1.82, 2.24) is 4.31 Å². The maximum atomic E-state index is 13.3. The number of sulfonamides is 1. The van der Waals surface area contributed by atoms with E-state index in [1.807, 2.05) is 18.2 Å². The van der Waals surface area contributed by atoms with E-state index in [1.165, 1.54) is 6.07 Å². The lowest BCUT2D eigenvalue weighted by Gasteiger charge is -2.34. The Morgan fingerprint density at radius 3 is 2.00 bits per heavy atom. The Balaban J connectivity index is 1.92. The highest BCUT2D eigenvalue weighted by Gasteiger charge is 2.32. The van der Waals surface area contributed by atoms with Crippen LogP contribution in [0.1, 0.15) is 81.3 Å². The van der Waals surface area contributed by atoms with E-state index in [1.54, 1.807) is 22.5 Å². The van der Waals surface area contributed by atoms with Gasteiger partial charge in [0.05, 0.1) is 4.90 Å². The smallest absolute Gasteiger partial charge is 0.255 e. The number of anilines is 1. The van der Waals surface area contributed by atoms with Crippen LogP contribution in [0.25, 0.3) is 0 Å². The highest BCUT2D eigenvalue weighted by molar-refractivity contribution is 7.89. The lowest BCUT2D eigenvalue weighted by molar-refractivity contribution is 0.102. The van der Waals surface area contributed by atoms with Gasteiger partial charge in [-0.2, -0.15) is 4.31 Å². The van der Waals surface area contributed by atoms with Gasteiger partial charge in [-0.15, -0.1) is 0 Å². The largest absolute Gasteiger partial charge is 0.321 e. The van der Waals surface area contributed by atoms with Crippen LogP contribution in [0, 0.1) is 11.8 Å². The van der Waals surface area contributed by atoms with Gasteiger partial charge in [0, 0.05) is 24.3 Å². The molecule has 2 atom stereocenters. The third kappa shape index (κ3) is 5.24. The summed E-state index contributed by atoms with van der Waals surface area (Å²) in [5, 5.41) is 3.08. The van der Waals surface area contributed by atoms with Crippen molar-refractivity contribution >= 4 is 21.6 Å². The minimum atomic E-state index is -3.65. The molecule has 2 aromatic rings. The first kappa shape index (κ1) is 24.5. The van der Waals surface area contributed by atoms with Gasteiger partial charge in [0.25, 0.3) is 5.91 Å². The van der Waals surface area contributed by atoms with Crippen LogP contribution >= 0.6 is 0 Å². The summed E-state index contributed by atoms with van der Waals surface area (Å²) in [6.45, 7) is 13.6. The van der Waals surface area contributed by atoms with Gasteiger partial charge in [-0.1, -0.05) is 65.8 Å². The average molecular weight is 457 g/mol. The molecule has 1 saturated heterocycles. The van der Waals surface area contributed by atoms with E-state index >= 15 is 0 Å². The van der Waals surface area contributed by atoms with Gasteiger partial charge in [-0.05, 0) is 59.4 Å². The van der Waals surface area contributed by atoms with Gasteiger partial charge in [0.2, 0.25) is 10.0 Å². The van der Waals surface area contributed by atoms with Crippen molar-refractivity contribution in [3.05, 3.63) is 59.2 Å². The molecule has 174 valence electrons. The van der Waals surface area contributed by atoms with Crippen LogP contribution in [0.15, 0.2) is 47.4 Å². The first-order valence-electron chi connectivity index (χ1n) is 11.5. The molecule has 0 bridgehead atoms. The zero-order valence-corrected chi connectivity index (χ0v) is 20.9. The minimum Gasteiger partial charge on any atom is -0.321 e. The maximum absolute atomic E-state index is 13.3. The Morgan fingerprint density at radius 1 is 0.938 bits per heavy atom. The van der Waals surface area contributed by atoms with E-state index in [9.17, 15) is 13.2 Å². The number of carbonyl (C=O) groups is 1. The van der Waals surface area contributed by atoms with Crippen LogP contribution in [0.2, 0.25) is 0 Å². The van der Waals surface area contributed by atoms with Crippen molar-refractivity contribution < 1.29 is 13.2 Å². The molecule has 0 spiro atoms. The fourth-order valence-electron chi connectivity index (χ4n) is 4.63. The number of benzene rings is 2. The quantitative estimate of drug-likeness (QED) is 0.593. The summed E-state index contributed by atoms with van der Waals surface area (Å²) in [6, 6.07) is 12.5. The predicted molar refractivity (Wildman–Crippen MR) is 131 cm³/mol. The molecule has 2 unspecified atom stereocenters. The molecule has 1 N–H and O–H groups in total. The summed E-state index contributed by atoms with van der Waals surface area (Å²) in [4.78, 5) is 13.4. The number of rotatable bonds is 6. The first-order chi connectivity index (χ1) is 15.0. The zero-order chi connectivity index (χ0) is 23.6. The summed E-state index contributed by atoms with van der Waals surface area (Å²) in [7, 11) is -3.65. The lowest BCUT2D eigenvalue weighted by atomic mass is 9.92. The molecular weight excluding hydrogens is 420 g/mol. The molecule has 2 aromatic carbocycles. The number of para-hydroxylation sites is 1. The molecule has 1 fully saturated rings. The second kappa shape index (κ2) is 9.75. The number of carbonyl (C=O) groups excluding carboxylic acids is 1. The van der Waals surface area contributed by atoms with Crippen molar-refractivity contribution in [2.45, 2.75) is 64.7 Å². The SMILES string of the molecule is CC1CC(C)CN(S(=O)(=O)c2cccc(C(=O)Nc3c(C(C)C)cccc3C(C)C)c2)C1. The molecule has 0 radical (unpaired) electrons. The van der Waals surface area contributed by atoms with Crippen LogP contribution in [-0.2, 0) is 10.0 Å². The molecule has 0 saturated carbocycles. The second-order valence-electron chi connectivity index (χ2n) is 9.87. The summed E-state index contributed by atoms with van der Waals surface area (Å²) < 4.78 is 28.1. The number of hydrogen-bond donors (Lipinski definition) is 1. The first-order valence-corrected chi connectivity index (χ1v) is 13.0. The van der Waals surface area contributed by atoms with E-state index in [4.69, 9.17) is 0 Å². The van der Waals surface area contributed by atoms with Gasteiger partial charge in [0.1, 0.15) is 0 Å². The van der Waals surface area contributed by atoms with E-state index in [0.717, 1.165) is 23.2 Å². The summed E-state index contributed by atoms with van der Waals surface area (Å²) in [6.07, 6.45) is 1.03. The topological polar surface area (TPSA) is 66.5 Å². The molecule has 5 nitrogen and oxygen atoms in total. The van der Waals surface area contributed by atoms with Crippen LogP contribution in [0.5, 0.6) is 0 Å². The normalized spacial score (nSPS) is 20.0. The molecule has 6 heteroatoms. The molecular formula is C26H36N2O3S. The van der Waals surface area contributed by atoms with E-state index < -0.39 is 10.0 Å². The standard InChI is InChI=1S/C26H36N2O3S/c1-17(2)23-11-8-12-24(18(3)4)25(23)27-26(29)21-9-7-10-22(14-21)32(30,31)28-15-19(5)13-20(6)16-28/h7-12,14,17-20H,13,15-16H2,1-6H3,(H,27,29). The summed E-state index contributed by atoms with van der Waals surface area (Å²) in [5.41, 5.74) is 3.32. The highest BCUT2D eigenvalue weighted by atomic mass is 32.2. The maximum Gasteiger partial charge on any atom is 0.255 e. The van der Waals surface area contributed by atoms with Crippen LogP contribution in [-0.4, -0.2) is 31.7 Å². The van der Waals surface area contributed by atoms with Crippen molar-refractivity contribution in [1.29, 1.82) is 0 Å². The molecule has 3 rings (SSSR count). The Morgan fingerprint density at radius 2 is 1.47 bits per heavy atom. The molecule has 1 amide bonds. The summed E-state index contributed by atoms with van der Waals surface area (Å²) >= 11 is 0. The Kier molecular flexibility index (Phi) is 7.46. The molecule has 1 aliphatic heterocycles. The number of piperidine rings is 1. The van der Waals surface area contributed by atoms with Gasteiger partial charge in [-0.3, -0.25) is 4.79 Å². The Bertz CT molecular complexity index is 1040. The molecule has 1 heterocycles. The Hall–Kier alpha value is -2.18. The molecule has 0 aromatic heterocycles. The number of nitrogens with one attached hydrogen (secondary N) is 1. The third-order valence-corrected chi connectivity index (χ3v) is 8.01. The Labute approximate surface area is 193 Å². The average Bonchev–Trinajstić information content (AvgIpc) is 2.72. The number of hydrogen-bond acceptors (Lipinski definition) is 3. The fourth-order valence-corrected chi connectivity index (χ4v) is 6.36. The number of amides is 1. The molecule has 32 heavy (non-hydrogen) atoms. The van der Waals surface area contributed by atoms with Crippen molar-refractivity contribution in [2.75, 3.05) is 18.4 Å². The zero-order valence-electron chi connectivity index (χ0n) is 20.1. The van der Waals surface area contributed by atoms with E-state index in [-0.39, 0.29) is 22.6 Å². The summed E-state index contributed by atoms with van der Waals surface area (Å²) in [5.74, 6) is 0.846. The van der Waals surface area contributed by atoms with Gasteiger partial charge in [0.15, 0.2) is 0 Å².